The first kappa shape index (κ1) is 23.7. The molecule has 0 unspecified atom stereocenters. The molecule has 0 atom stereocenters. The Balaban J connectivity index is 1.59. The number of carbonyl (C=O) groups excluding carboxylic acids is 2. The minimum atomic E-state index is -3.47. The van der Waals surface area contributed by atoms with Crippen LogP contribution < -0.4 is 10.0 Å². The summed E-state index contributed by atoms with van der Waals surface area (Å²) in [5.41, 5.74) is 0.113. The Morgan fingerprint density at radius 2 is 1.65 bits per heavy atom. The normalized spacial score (nSPS) is 18.4. The number of aryl methyl sites for hydroxylation is 1. The second-order valence-electron chi connectivity index (χ2n) is 8.71. The first-order chi connectivity index (χ1) is 14.8. The minimum absolute atomic E-state index is 0.0308. The van der Waals surface area contributed by atoms with Gasteiger partial charge in [-0.25, -0.2) is 13.1 Å². The Hall–Kier alpha value is -1.93. The molecule has 2 amide bonds. The van der Waals surface area contributed by atoms with E-state index in [4.69, 9.17) is 0 Å². The molecule has 1 aromatic rings. The topological polar surface area (TPSA) is 95.6 Å². The molecule has 172 valence electrons. The number of nitrogens with zero attached hydrogens (tertiary/aromatic N) is 1. The van der Waals surface area contributed by atoms with Gasteiger partial charge in [0.2, 0.25) is 21.8 Å². The van der Waals surface area contributed by atoms with Gasteiger partial charge in [-0.1, -0.05) is 31.4 Å². The van der Waals surface area contributed by atoms with Crippen LogP contribution in [0.1, 0.15) is 70.8 Å². The lowest BCUT2D eigenvalue weighted by Crippen LogP contribution is -2.60. The van der Waals surface area contributed by atoms with Crippen molar-refractivity contribution >= 4 is 21.8 Å². The molecule has 2 N–H and O–H groups in total. The number of likely N-dealkylation sites (N-methyl/N-ethyl adjacent to an activating group) is 1. The number of hydrogen-bond donors (Lipinski definition) is 2. The summed E-state index contributed by atoms with van der Waals surface area (Å²) < 4.78 is 27.2. The molecular weight excluding hydrogens is 414 g/mol. The van der Waals surface area contributed by atoms with Gasteiger partial charge >= 0.3 is 0 Å². The second kappa shape index (κ2) is 10.1. The van der Waals surface area contributed by atoms with Crippen molar-refractivity contribution in [3.63, 3.8) is 0 Å². The van der Waals surface area contributed by atoms with E-state index >= 15 is 0 Å². The van der Waals surface area contributed by atoms with E-state index in [9.17, 15) is 18.0 Å². The van der Waals surface area contributed by atoms with E-state index in [-0.39, 0.29) is 29.2 Å². The van der Waals surface area contributed by atoms with Crippen LogP contribution in [0.4, 0.5) is 0 Å². The first-order valence-electron chi connectivity index (χ1n) is 11.5. The Kier molecular flexibility index (Phi) is 7.75. The Morgan fingerprint density at radius 1 is 1.03 bits per heavy atom. The fourth-order valence-electron chi connectivity index (χ4n) is 4.27. The van der Waals surface area contributed by atoms with Crippen molar-refractivity contribution in [3.8, 4) is 0 Å². The van der Waals surface area contributed by atoms with Crippen LogP contribution in [0.3, 0.4) is 0 Å². The summed E-state index contributed by atoms with van der Waals surface area (Å²) in [4.78, 5) is 28.0. The van der Waals surface area contributed by atoms with Crippen molar-refractivity contribution in [2.45, 2.75) is 88.1 Å². The molecule has 0 bridgehead atoms. The van der Waals surface area contributed by atoms with Crippen molar-refractivity contribution in [1.82, 2.24) is 14.9 Å². The third-order valence-corrected chi connectivity index (χ3v) is 7.86. The summed E-state index contributed by atoms with van der Waals surface area (Å²) in [6, 6.07) is 6.76. The van der Waals surface area contributed by atoms with Gasteiger partial charge in [0.1, 0.15) is 5.54 Å². The molecule has 2 saturated carbocycles. The van der Waals surface area contributed by atoms with Gasteiger partial charge in [-0.15, -0.1) is 0 Å². The van der Waals surface area contributed by atoms with Crippen molar-refractivity contribution in [2.24, 2.45) is 0 Å². The second-order valence-corrected chi connectivity index (χ2v) is 10.4. The maximum Gasteiger partial charge on any atom is 0.248 e. The number of nitrogens with one attached hydrogen (secondary N) is 2. The van der Waals surface area contributed by atoms with Gasteiger partial charge in [-0.2, -0.15) is 0 Å². The van der Waals surface area contributed by atoms with Crippen LogP contribution in [0.5, 0.6) is 0 Å². The van der Waals surface area contributed by atoms with Crippen molar-refractivity contribution in [1.29, 1.82) is 0 Å². The highest BCUT2D eigenvalue weighted by atomic mass is 32.2. The molecule has 2 fully saturated rings. The van der Waals surface area contributed by atoms with Gasteiger partial charge in [0, 0.05) is 25.6 Å². The van der Waals surface area contributed by atoms with Crippen molar-refractivity contribution in [2.75, 3.05) is 13.1 Å². The van der Waals surface area contributed by atoms with Gasteiger partial charge in [-0.05, 0) is 63.6 Å². The zero-order valence-corrected chi connectivity index (χ0v) is 19.5. The first-order valence-corrected chi connectivity index (χ1v) is 13.0. The SMILES string of the molecule is CCN(CC)C(=O)C1(NC(=O)CCc2ccc(S(=O)(=O)NC3CC3)cc2)CCCCC1. The molecule has 0 radical (unpaired) electrons. The quantitative estimate of drug-likeness (QED) is 0.574. The largest absolute Gasteiger partial charge is 0.342 e. The molecular formula is C23H35N3O4S. The summed E-state index contributed by atoms with van der Waals surface area (Å²) >= 11 is 0. The average molecular weight is 450 g/mol. The van der Waals surface area contributed by atoms with Gasteiger partial charge in [-0.3, -0.25) is 9.59 Å². The summed E-state index contributed by atoms with van der Waals surface area (Å²) in [5, 5.41) is 3.08. The van der Waals surface area contributed by atoms with Crippen LogP contribution in [0.2, 0.25) is 0 Å². The number of carbonyl (C=O) groups is 2. The number of amides is 2. The van der Waals surface area contributed by atoms with Crippen molar-refractivity contribution < 1.29 is 18.0 Å². The Bertz CT molecular complexity index is 869. The molecule has 0 heterocycles. The highest BCUT2D eigenvalue weighted by molar-refractivity contribution is 7.89. The van der Waals surface area contributed by atoms with E-state index in [0.717, 1.165) is 37.7 Å². The fourth-order valence-corrected chi connectivity index (χ4v) is 5.58. The van der Waals surface area contributed by atoms with Crippen LogP contribution in [-0.4, -0.2) is 49.8 Å². The number of rotatable bonds is 10. The summed E-state index contributed by atoms with van der Waals surface area (Å²) in [6.45, 7) is 5.20. The zero-order chi connectivity index (χ0) is 22.5. The Morgan fingerprint density at radius 3 is 2.19 bits per heavy atom. The summed E-state index contributed by atoms with van der Waals surface area (Å²) in [7, 11) is -3.47. The highest BCUT2D eigenvalue weighted by Gasteiger charge is 2.42. The maximum absolute atomic E-state index is 13.2. The number of benzene rings is 1. The molecule has 0 spiro atoms. The van der Waals surface area contributed by atoms with Gasteiger partial charge in [0.15, 0.2) is 0 Å². The number of sulfonamides is 1. The molecule has 0 aromatic heterocycles. The number of hydrogen-bond acceptors (Lipinski definition) is 4. The predicted molar refractivity (Wildman–Crippen MR) is 120 cm³/mol. The smallest absolute Gasteiger partial charge is 0.248 e. The molecule has 3 rings (SSSR count). The minimum Gasteiger partial charge on any atom is -0.342 e. The highest BCUT2D eigenvalue weighted by Crippen LogP contribution is 2.30. The van der Waals surface area contributed by atoms with E-state index in [0.29, 0.717) is 32.4 Å². The molecule has 31 heavy (non-hydrogen) atoms. The third kappa shape index (κ3) is 6.07. The van der Waals surface area contributed by atoms with E-state index in [1.165, 1.54) is 0 Å². The molecule has 2 aliphatic rings. The molecule has 0 saturated heterocycles. The fraction of sp³-hybridized carbons (Fsp3) is 0.652. The van der Waals surface area contributed by atoms with E-state index < -0.39 is 15.6 Å². The summed E-state index contributed by atoms with van der Waals surface area (Å²) in [5.74, 6) is -0.0993. The van der Waals surface area contributed by atoms with Crippen LogP contribution in [0.15, 0.2) is 29.2 Å². The molecule has 2 aliphatic carbocycles. The van der Waals surface area contributed by atoms with E-state index in [1.54, 1.807) is 29.2 Å². The van der Waals surface area contributed by atoms with E-state index in [2.05, 4.69) is 10.0 Å². The molecule has 1 aromatic carbocycles. The lowest BCUT2D eigenvalue weighted by atomic mass is 9.80. The zero-order valence-electron chi connectivity index (χ0n) is 18.7. The maximum atomic E-state index is 13.2. The monoisotopic (exact) mass is 449 g/mol. The van der Waals surface area contributed by atoms with Crippen LogP contribution in [0.25, 0.3) is 0 Å². The van der Waals surface area contributed by atoms with Gasteiger partial charge in [0.25, 0.3) is 0 Å². The van der Waals surface area contributed by atoms with Crippen LogP contribution >= 0.6 is 0 Å². The Labute approximate surface area is 186 Å². The summed E-state index contributed by atoms with van der Waals surface area (Å²) in [6.07, 6.45) is 6.90. The lowest BCUT2D eigenvalue weighted by molar-refractivity contribution is -0.143. The molecule has 0 aliphatic heterocycles. The average Bonchev–Trinajstić information content (AvgIpc) is 3.57. The van der Waals surface area contributed by atoms with Crippen LogP contribution in [0, 0.1) is 0 Å². The van der Waals surface area contributed by atoms with E-state index in [1.807, 2.05) is 13.8 Å². The third-order valence-electron chi connectivity index (χ3n) is 6.32. The standard InChI is InChI=1S/C23H35N3O4S/c1-3-26(4-2)22(28)23(16-6-5-7-17-23)24-21(27)15-10-18-8-13-20(14-9-18)31(29,30)25-19-11-12-19/h8-9,13-14,19,25H,3-7,10-12,15-17H2,1-2H3,(H,24,27). The molecule has 8 heteroatoms. The predicted octanol–water partition coefficient (Wildman–Crippen LogP) is 2.75. The van der Waals surface area contributed by atoms with Gasteiger partial charge in [0.05, 0.1) is 4.90 Å². The molecule has 7 nitrogen and oxygen atoms in total. The van der Waals surface area contributed by atoms with Crippen LogP contribution in [-0.2, 0) is 26.0 Å². The van der Waals surface area contributed by atoms with Gasteiger partial charge < -0.3 is 10.2 Å². The lowest BCUT2D eigenvalue weighted by Gasteiger charge is -2.40. The van der Waals surface area contributed by atoms with Crippen molar-refractivity contribution in [3.05, 3.63) is 29.8 Å².